The van der Waals surface area contributed by atoms with Gasteiger partial charge in [-0.05, 0) is 12.8 Å². The van der Waals surface area contributed by atoms with Gasteiger partial charge in [-0.3, -0.25) is 24.0 Å². The van der Waals surface area contributed by atoms with Crippen LogP contribution >= 0.6 is 0 Å². The van der Waals surface area contributed by atoms with Gasteiger partial charge in [0, 0.05) is 24.6 Å². The van der Waals surface area contributed by atoms with Crippen molar-refractivity contribution >= 4 is 29.6 Å². The van der Waals surface area contributed by atoms with E-state index in [1.807, 2.05) is 20.8 Å². The minimum atomic E-state index is -0.939. The van der Waals surface area contributed by atoms with E-state index in [1.165, 1.54) is 4.68 Å². The predicted octanol–water partition coefficient (Wildman–Crippen LogP) is 1.78. The normalized spacial score (nSPS) is 18.9. The lowest BCUT2D eigenvalue weighted by Crippen LogP contribution is -2.43. The topological polar surface area (TPSA) is 105 Å². The third-order valence-electron chi connectivity index (χ3n) is 5.24. The third kappa shape index (κ3) is 3.79. The van der Waals surface area contributed by atoms with Gasteiger partial charge in [-0.1, -0.05) is 40.0 Å². The minimum absolute atomic E-state index is 0.186. The number of aromatic nitrogens is 2. The van der Waals surface area contributed by atoms with E-state index in [-0.39, 0.29) is 11.5 Å². The molecule has 1 N–H and O–H groups in total. The molecule has 0 unspecified atom stereocenters. The molecule has 1 aliphatic heterocycles. The van der Waals surface area contributed by atoms with E-state index in [0.29, 0.717) is 18.7 Å². The highest BCUT2D eigenvalue weighted by atomic mass is 16.2. The van der Waals surface area contributed by atoms with E-state index in [4.69, 9.17) is 0 Å². The molecule has 3 rings (SSSR count). The predicted molar refractivity (Wildman–Crippen MR) is 101 cm³/mol. The zero-order valence-corrected chi connectivity index (χ0v) is 16.8. The second-order valence-corrected chi connectivity index (χ2v) is 8.48. The van der Waals surface area contributed by atoms with E-state index in [0.717, 1.165) is 34.8 Å². The van der Waals surface area contributed by atoms with Gasteiger partial charge in [-0.15, -0.1) is 0 Å². The van der Waals surface area contributed by atoms with Crippen LogP contribution in [0.1, 0.15) is 58.6 Å². The summed E-state index contributed by atoms with van der Waals surface area (Å²) in [6.07, 6.45) is 4.32. The SMILES string of the molecule is Cn1nc(C(C)(C)C)cc1NC(=O)CN1C(=O)C(=O)N(C2CCCCC2)C1=O. The molecule has 2 heterocycles. The van der Waals surface area contributed by atoms with E-state index >= 15 is 0 Å². The number of urea groups is 1. The molecule has 1 aromatic heterocycles. The van der Waals surface area contributed by atoms with Gasteiger partial charge in [0.15, 0.2) is 0 Å². The third-order valence-corrected chi connectivity index (χ3v) is 5.24. The number of anilines is 1. The van der Waals surface area contributed by atoms with E-state index in [9.17, 15) is 19.2 Å². The van der Waals surface area contributed by atoms with Crippen molar-refractivity contribution in [2.75, 3.05) is 11.9 Å². The Labute approximate surface area is 164 Å². The molecule has 2 aliphatic rings. The summed E-state index contributed by atoms with van der Waals surface area (Å²) in [6, 6.07) is 0.806. The second-order valence-electron chi connectivity index (χ2n) is 8.48. The molecule has 5 amide bonds. The molecule has 1 aromatic rings. The van der Waals surface area contributed by atoms with Crippen LogP contribution in [0.3, 0.4) is 0 Å². The van der Waals surface area contributed by atoms with Crippen LogP contribution in [-0.2, 0) is 26.8 Å². The molecular formula is C19H27N5O4. The minimum Gasteiger partial charge on any atom is -0.309 e. The summed E-state index contributed by atoms with van der Waals surface area (Å²) < 4.78 is 1.53. The molecule has 9 heteroatoms. The highest BCUT2D eigenvalue weighted by molar-refractivity contribution is 6.45. The first-order valence-corrected chi connectivity index (χ1v) is 9.63. The van der Waals surface area contributed by atoms with Crippen molar-refractivity contribution in [2.45, 2.75) is 64.3 Å². The van der Waals surface area contributed by atoms with Gasteiger partial charge in [0.05, 0.1) is 5.69 Å². The smallest absolute Gasteiger partial charge is 0.309 e. The number of amides is 5. The number of hydrogen-bond acceptors (Lipinski definition) is 5. The number of carbonyl (C=O) groups excluding carboxylic acids is 4. The molecule has 2 fully saturated rings. The number of hydrogen-bond donors (Lipinski definition) is 1. The summed E-state index contributed by atoms with van der Waals surface area (Å²) in [5.74, 6) is -1.86. The van der Waals surface area contributed by atoms with Gasteiger partial charge < -0.3 is 5.32 Å². The molecular weight excluding hydrogens is 362 g/mol. The van der Waals surface area contributed by atoms with Gasteiger partial charge in [0.25, 0.3) is 0 Å². The number of nitrogens with one attached hydrogen (secondary N) is 1. The van der Waals surface area contributed by atoms with Crippen molar-refractivity contribution in [3.63, 3.8) is 0 Å². The van der Waals surface area contributed by atoms with Crippen LogP contribution < -0.4 is 5.32 Å². The first-order chi connectivity index (χ1) is 13.1. The lowest BCUT2D eigenvalue weighted by molar-refractivity contribution is -0.144. The van der Waals surface area contributed by atoms with E-state index in [1.54, 1.807) is 13.1 Å². The lowest BCUT2D eigenvalue weighted by Gasteiger charge is -2.28. The molecule has 1 saturated carbocycles. The maximum absolute atomic E-state index is 12.6. The first kappa shape index (κ1) is 20.0. The Kier molecular flexibility index (Phi) is 5.27. The Morgan fingerprint density at radius 2 is 1.79 bits per heavy atom. The number of rotatable bonds is 4. The average Bonchev–Trinajstić information content (AvgIpc) is 3.09. The van der Waals surface area contributed by atoms with Crippen LogP contribution in [0.5, 0.6) is 0 Å². The quantitative estimate of drug-likeness (QED) is 0.624. The van der Waals surface area contributed by atoms with Gasteiger partial charge in [-0.25, -0.2) is 9.69 Å². The summed E-state index contributed by atoms with van der Waals surface area (Å²) in [4.78, 5) is 51.4. The zero-order valence-electron chi connectivity index (χ0n) is 16.8. The molecule has 152 valence electrons. The lowest BCUT2D eigenvalue weighted by atomic mass is 9.92. The van der Waals surface area contributed by atoms with Crippen molar-refractivity contribution in [3.8, 4) is 0 Å². The molecule has 0 bridgehead atoms. The molecule has 1 aliphatic carbocycles. The van der Waals surface area contributed by atoms with Gasteiger partial charge in [0.1, 0.15) is 12.4 Å². The van der Waals surface area contributed by atoms with Crippen molar-refractivity contribution in [1.29, 1.82) is 0 Å². The molecule has 28 heavy (non-hydrogen) atoms. The van der Waals surface area contributed by atoms with Crippen molar-refractivity contribution in [2.24, 2.45) is 7.05 Å². The van der Waals surface area contributed by atoms with Gasteiger partial charge in [0.2, 0.25) is 5.91 Å². The number of imide groups is 2. The van der Waals surface area contributed by atoms with Crippen molar-refractivity contribution < 1.29 is 19.2 Å². The fraction of sp³-hybridized carbons (Fsp3) is 0.632. The summed E-state index contributed by atoms with van der Waals surface area (Å²) >= 11 is 0. The van der Waals surface area contributed by atoms with Crippen LogP contribution in [0, 0.1) is 0 Å². The number of carbonyl (C=O) groups is 4. The largest absolute Gasteiger partial charge is 0.334 e. The Hall–Kier alpha value is -2.71. The standard InChI is InChI=1S/C19H27N5O4/c1-19(2,3)13-10-14(22(4)21-13)20-15(25)11-23-16(26)17(27)24(18(23)28)12-8-6-5-7-9-12/h10,12H,5-9,11H2,1-4H3,(H,20,25). The van der Waals surface area contributed by atoms with Gasteiger partial charge >= 0.3 is 17.8 Å². The number of nitrogens with zero attached hydrogens (tertiary/aromatic N) is 4. The fourth-order valence-corrected chi connectivity index (χ4v) is 3.60. The van der Waals surface area contributed by atoms with Crippen LogP contribution in [0.25, 0.3) is 0 Å². The van der Waals surface area contributed by atoms with Gasteiger partial charge in [-0.2, -0.15) is 5.10 Å². The van der Waals surface area contributed by atoms with Crippen LogP contribution in [0.15, 0.2) is 6.07 Å². The van der Waals surface area contributed by atoms with Crippen LogP contribution in [-0.4, -0.2) is 55.9 Å². The molecule has 0 atom stereocenters. The maximum atomic E-state index is 12.6. The molecule has 9 nitrogen and oxygen atoms in total. The molecule has 0 spiro atoms. The van der Waals surface area contributed by atoms with Crippen molar-refractivity contribution in [3.05, 3.63) is 11.8 Å². The van der Waals surface area contributed by atoms with Crippen LogP contribution in [0.2, 0.25) is 0 Å². The molecule has 1 saturated heterocycles. The Morgan fingerprint density at radius 3 is 2.36 bits per heavy atom. The zero-order chi connectivity index (χ0) is 20.6. The second kappa shape index (κ2) is 7.37. The fourth-order valence-electron chi connectivity index (χ4n) is 3.60. The monoisotopic (exact) mass is 389 g/mol. The summed E-state index contributed by atoms with van der Waals surface area (Å²) in [7, 11) is 1.70. The average molecular weight is 389 g/mol. The first-order valence-electron chi connectivity index (χ1n) is 9.63. The molecule has 0 radical (unpaired) electrons. The summed E-state index contributed by atoms with van der Waals surface area (Å²) in [5.41, 5.74) is 0.617. The maximum Gasteiger partial charge on any atom is 0.334 e. The number of aryl methyl sites for hydroxylation is 1. The Bertz CT molecular complexity index is 817. The van der Waals surface area contributed by atoms with Crippen LogP contribution in [0.4, 0.5) is 10.6 Å². The highest BCUT2D eigenvalue weighted by Gasteiger charge is 2.48. The Balaban J connectivity index is 1.68. The highest BCUT2D eigenvalue weighted by Crippen LogP contribution is 2.27. The summed E-state index contributed by atoms with van der Waals surface area (Å²) in [5, 5.41) is 7.04. The Morgan fingerprint density at radius 1 is 1.14 bits per heavy atom. The molecule has 0 aromatic carbocycles. The van der Waals surface area contributed by atoms with E-state index in [2.05, 4.69) is 10.4 Å². The summed E-state index contributed by atoms with van der Waals surface area (Å²) in [6.45, 7) is 5.53. The van der Waals surface area contributed by atoms with Crippen molar-refractivity contribution in [1.82, 2.24) is 19.6 Å². The van der Waals surface area contributed by atoms with E-state index < -0.39 is 30.3 Å².